The zero-order chi connectivity index (χ0) is 20.8. The molecule has 8 heteroatoms. The predicted octanol–water partition coefficient (Wildman–Crippen LogP) is 5.23. The molecule has 4 nitrogen and oxygen atoms in total. The van der Waals surface area contributed by atoms with Crippen LogP contribution in [0.5, 0.6) is 0 Å². The fourth-order valence-electron chi connectivity index (χ4n) is 4.27. The molecule has 29 heavy (non-hydrogen) atoms. The molecule has 0 amide bonds. The number of aryl methyl sites for hydroxylation is 1. The average Bonchev–Trinajstić information content (AvgIpc) is 2.67. The van der Waals surface area contributed by atoms with Gasteiger partial charge in [-0.05, 0) is 62.6 Å². The molecule has 1 saturated carbocycles. The van der Waals surface area contributed by atoms with Crippen molar-refractivity contribution in [2.75, 3.05) is 0 Å². The van der Waals surface area contributed by atoms with Gasteiger partial charge in [-0.2, -0.15) is 13.2 Å². The van der Waals surface area contributed by atoms with E-state index in [4.69, 9.17) is 0 Å². The van der Waals surface area contributed by atoms with Crippen molar-refractivity contribution in [3.05, 3.63) is 69.0 Å². The highest BCUT2D eigenvalue weighted by Gasteiger charge is 2.38. The van der Waals surface area contributed by atoms with Gasteiger partial charge in [0.1, 0.15) is 11.3 Å². The molecule has 3 aromatic rings. The molecule has 1 N–H and O–H groups in total. The Balaban J connectivity index is 1.60. The Morgan fingerprint density at radius 3 is 2.48 bits per heavy atom. The van der Waals surface area contributed by atoms with E-state index < -0.39 is 23.5 Å². The van der Waals surface area contributed by atoms with E-state index in [0.717, 1.165) is 18.2 Å². The Bertz CT molecular complexity index is 1120. The largest absolute Gasteiger partial charge is 0.416 e. The minimum atomic E-state index is -4.60. The fourth-order valence-corrected chi connectivity index (χ4v) is 4.27. The summed E-state index contributed by atoms with van der Waals surface area (Å²) in [5, 5.41) is 0. The van der Waals surface area contributed by atoms with Crippen LogP contribution < -0.4 is 5.56 Å². The number of rotatable bonds is 2. The summed E-state index contributed by atoms with van der Waals surface area (Å²) in [6.07, 6.45) is -1.22. The van der Waals surface area contributed by atoms with Gasteiger partial charge in [0.25, 0.3) is 5.56 Å². The molecular formula is C21H19F4N3O. The summed E-state index contributed by atoms with van der Waals surface area (Å²) >= 11 is 0. The predicted molar refractivity (Wildman–Crippen MR) is 100 cm³/mol. The monoisotopic (exact) mass is 405 g/mol. The average molecular weight is 405 g/mol. The molecule has 0 atom stereocenters. The molecule has 1 aliphatic rings. The minimum absolute atomic E-state index is 0.108. The number of halogens is 4. The normalized spacial score (nSPS) is 20.2. The summed E-state index contributed by atoms with van der Waals surface area (Å²) < 4.78 is 54.3. The van der Waals surface area contributed by atoms with Crippen LogP contribution in [0.4, 0.5) is 17.6 Å². The van der Waals surface area contributed by atoms with Gasteiger partial charge in [-0.3, -0.25) is 9.78 Å². The van der Waals surface area contributed by atoms with E-state index in [1.807, 2.05) is 0 Å². The first-order chi connectivity index (χ1) is 13.7. The maximum absolute atomic E-state index is 14.3. The molecule has 0 aliphatic heterocycles. The van der Waals surface area contributed by atoms with Gasteiger partial charge in [-0.25, -0.2) is 9.37 Å². The van der Waals surface area contributed by atoms with Crippen LogP contribution in [0.1, 0.15) is 59.9 Å². The SMILES string of the molecule is Cc1cnc2cc(C3CCC(c4c(F)cccc4C(F)(F)F)CC3)c(=O)[nH]c2n1. The van der Waals surface area contributed by atoms with Crippen LogP contribution in [0.2, 0.25) is 0 Å². The molecule has 2 aromatic heterocycles. The lowest BCUT2D eigenvalue weighted by atomic mass is 9.75. The van der Waals surface area contributed by atoms with E-state index in [1.165, 1.54) is 0 Å². The maximum Gasteiger partial charge on any atom is 0.416 e. The van der Waals surface area contributed by atoms with E-state index in [9.17, 15) is 22.4 Å². The van der Waals surface area contributed by atoms with E-state index >= 15 is 0 Å². The second-order valence-electron chi connectivity index (χ2n) is 7.55. The highest BCUT2D eigenvalue weighted by molar-refractivity contribution is 5.70. The number of alkyl halides is 3. The lowest BCUT2D eigenvalue weighted by Gasteiger charge is -2.30. The molecule has 1 aliphatic carbocycles. The number of pyridine rings is 1. The molecule has 1 fully saturated rings. The summed E-state index contributed by atoms with van der Waals surface area (Å²) in [6.45, 7) is 1.78. The molecule has 1 aromatic carbocycles. The van der Waals surface area contributed by atoms with Crippen LogP contribution in [0.15, 0.2) is 35.3 Å². The molecule has 4 rings (SSSR count). The Kier molecular flexibility index (Phi) is 4.88. The van der Waals surface area contributed by atoms with E-state index in [1.54, 1.807) is 19.2 Å². The van der Waals surface area contributed by atoms with E-state index in [2.05, 4.69) is 15.0 Å². The first-order valence-corrected chi connectivity index (χ1v) is 9.46. The summed E-state index contributed by atoms with van der Waals surface area (Å²) in [4.78, 5) is 23.8. The maximum atomic E-state index is 14.3. The minimum Gasteiger partial charge on any atom is -0.305 e. The summed E-state index contributed by atoms with van der Waals surface area (Å²) in [7, 11) is 0. The third-order valence-electron chi connectivity index (χ3n) is 5.64. The zero-order valence-corrected chi connectivity index (χ0v) is 15.7. The third-order valence-corrected chi connectivity index (χ3v) is 5.64. The number of fused-ring (bicyclic) bond motifs is 1. The van der Waals surface area contributed by atoms with Crippen LogP contribution in [0.25, 0.3) is 11.2 Å². The highest BCUT2D eigenvalue weighted by atomic mass is 19.4. The molecule has 0 spiro atoms. The third kappa shape index (κ3) is 3.75. The summed E-state index contributed by atoms with van der Waals surface area (Å²) in [6, 6.07) is 4.80. The lowest BCUT2D eigenvalue weighted by Crippen LogP contribution is -2.22. The summed E-state index contributed by atoms with van der Waals surface area (Å²) in [5.74, 6) is -1.45. The molecule has 0 unspecified atom stereocenters. The van der Waals surface area contributed by atoms with Crippen LogP contribution >= 0.6 is 0 Å². The number of benzene rings is 1. The van der Waals surface area contributed by atoms with Crippen molar-refractivity contribution in [1.29, 1.82) is 0 Å². The Labute approximate surface area is 164 Å². The van der Waals surface area contributed by atoms with Crippen molar-refractivity contribution >= 4 is 11.2 Å². The first kappa shape index (κ1) is 19.5. The van der Waals surface area contributed by atoms with Gasteiger partial charge in [0.2, 0.25) is 0 Å². The molecule has 0 bridgehead atoms. The van der Waals surface area contributed by atoms with Crippen LogP contribution in [-0.2, 0) is 6.18 Å². The standard InChI is InChI=1S/C21H19F4N3O/c1-11-10-26-17-9-14(20(29)28-19(17)27-11)12-5-7-13(8-6-12)18-15(21(23,24)25)3-2-4-16(18)22/h2-4,9-10,12-13H,5-8H2,1H3,(H,27,28,29). The Hall–Kier alpha value is -2.77. The topological polar surface area (TPSA) is 58.6 Å². The zero-order valence-electron chi connectivity index (χ0n) is 15.7. The number of hydrogen-bond donors (Lipinski definition) is 1. The molecule has 152 valence electrons. The second kappa shape index (κ2) is 7.24. The first-order valence-electron chi connectivity index (χ1n) is 9.46. The van der Waals surface area contributed by atoms with Crippen LogP contribution in [0.3, 0.4) is 0 Å². The van der Waals surface area contributed by atoms with Gasteiger partial charge >= 0.3 is 6.18 Å². The van der Waals surface area contributed by atoms with Crippen molar-refractivity contribution in [2.45, 2.75) is 50.6 Å². The van der Waals surface area contributed by atoms with Crippen molar-refractivity contribution in [2.24, 2.45) is 0 Å². The highest BCUT2D eigenvalue weighted by Crippen LogP contribution is 2.44. The van der Waals surface area contributed by atoms with Gasteiger partial charge in [0.05, 0.1) is 11.3 Å². The molecular weight excluding hydrogens is 386 g/mol. The molecule has 0 saturated heterocycles. The van der Waals surface area contributed by atoms with Gasteiger partial charge in [-0.1, -0.05) is 6.07 Å². The van der Waals surface area contributed by atoms with Gasteiger partial charge in [0.15, 0.2) is 5.65 Å². The number of H-pyrrole nitrogens is 1. The molecule has 2 heterocycles. The fraction of sp³-hybridized carbons (Fsp3) is 0.381. The summed E-state index contributed by atoms with van der Waals surface area (Å²) in [5.41, 5.74) is 0.796. The quantitative estimate of drug-likeness (QED) is 0.595. The van der Waals surface area contributed by atoms with Crippen molar-refractivity contribution < 1.29 is 17.6 Å². The van der Waals surface area contributed by atoms with Crippen molar-refractivity contribution in [3.63, 3.8) is 0 Å². The Morgan fingerprint density at radius 1 is 1.10 bits per heavy atom. The number of nitrogens with one attached hydrogen (secondary N) is 1. The van der Waals surface area contributed by atoms with Crippen molar-refractivity contribution in [3.8, 4) is 0 Å². The van der Waals surface area contributed by atoms with Crippen LogP contribution in [-0.4, -0.2) is 15.0 Å². The van der Waals surface area contributed by atoms with Crippen LogP contribution in [0, 0.1) is 12.7 Å². The van der Waals surface area contributed by atoms with Gasteiger partial charge in [-0.15, -0.1) is 0 Å². The van der Waals surface area contributed by atoms with Crippen molar-refractivity contribution in [1.82, 2.24) is 15.0 Å². The van der Waals surface area contributed by atoms with Gasteiger partial charge < -0.3 is 4.98 Å². The molecule has 0 radical (unpaired) electrons. The number of aromatic amines is 1. The number of nitrogens with zero attached hydrogens (tertiary/aromatic N) is 2. The lowest BCUT2D eigenvalue weighted by molar-refractivity contribution is -0.138. The van der Waals surface area contributed by atoms with E-state index in [-0.39, 0.29) is 17.0 Å². The second-order valence-corrected chi connectivity index (χ2v) is 7.55. The smallest absolute Gasteiger partial charge is 0.305 e. The number of aromatic nitrogens is 3. The van der Waals surface area contributed by atoms with E-state index in [0.29, 0.717) is 48.1 Å². The van der Waals surface area contributed by atoms with Gasteiger partial charge in [0, 0.05) is 17.3 Å². The Morgan fingerprint density at radius 2 is 1.79 bits per heavy atom. The number of hydrogen-bond acceptors (Lipinski definition) is 3.